The topological polar surface area (TPSA) is 18.8 Å². The van der Waals surface area contributed by atoms with Crippen molar-refractivity contribution in [2.45, 2.75) is 27.3 Å². The van der Waals surface area contributed by atoms with Crippen LogP contribution >= 0.6 is 0 Å². The molecule has 0 spiro atoms. The molecule has 1 rings (SSSR count). The fraction of sp³-hybridized carbons (Fsp3) is 0.500. The SMILES string of the molecule is C/C=N\N(C)c1ccc(CN(C)C)cc1.CC. The molecule has 1 aromatic carbocycles. The number of hydrogen-bond acceptors (Lipinski definition) is 3. The van der Waals surface area contributed by atoms with Crippen LogP contribution in [0.3, 0.4) is 0 Å². The van der Waals surface area contributed by atoms with Gasteiger partial charge in [-0.3, -0.25) is 5.01 Å². The number of nitrogens with zero attached hydrogens (tertiary/aromatic N) is 3. The molecule has 0 atom stereocenters. The second-order valence-electron chi connectivity index (χ2n) is 3.80. The summed E-state index contributed by atoms with van der Waals surface area (Å²) in [5.74, 6) is 0. The van der Waals surface area contributed by atoms with Crippen LogP contribution in [0.25, 0.3) is 0 Å². The molecular formula is C14H25N3. The van der Waals surface area contributed by atoms with Gasteiger partial charge >= 0.3 is 0 Å². The van der Waals surface area contributed by atoms with Crippen LogP contribution in [0, 0.1) is 0 Å². The Kier molecular flexibility index (Phi) is 8.07. The Morgan fingerprint density at radius 1 is 1.06 bits per heavy atom. The maximum absolute atomic E-state index is 4.18. The summed E-state index contributed by atoms with van der Waals surface area (Å²) in [6.45, 7) is 6.89. The van der Waals surface area contributed by atoms with Crippen LogP contribution in [-0.4, -0.2) is 32.3 Å². The Balaban J connectivity index is 0.00000121. The van der Waals surface area contributed by atoms with Crippen molar-refractivity contribution in [2.24, 2.45) is 5.10 Å². The van der Waals surface area contributed by atoms with E-state index in [1.54, 1.807) is 6.21 Å². The zero-order valence-corrected chi connectivity index (χ0v) is 11.9. The second kappa shape index (κ2) is 8.76. The van der Waals surface area contributed by atoms with Gasteiger partial charge in [0, 0.05) is 19.8 Å². The van der Waals surface area contributed by atoms with E-state index in [1.165, 1.54) is 5.56 Å². The van der Waals surface area contributed by atoms with Gasteiger partial charge in [-0.15, -0.1) is 0 Å². The number of hydrazone groups is 1. The molecule has 0 fully saturated rings. The Morgan fingerprint density at radius 2 is 1.59 bits per heavy atom. The molecule has 0 saturated carbocycles. The van der Waals surface area contributed by atoms with E-state index in [0.717, 1.165) is 12.2 Å². The summed E-state index contributed by atoms with van der Waals surface area (Å²) >= 11 is 0. The van der Waals surface area contributed by atoms with Gasteiger partial charge in [-0.1, -0.05) is 26.0 Å². The van der Waals surface area contributed by atoms with Crippen LogP contribution < -0.4 is 5.01 Å². The molecule has 0 aliphatic heterocycles. The van der Waals surface area contributed by atoms with Gasteiger partial charge < -0.3 is 4.90 Å². The van der Waals surface area contributed by atoms with E-state index in [-0.39, 0.29) is 0 Å². The van der Waals surface area contributed by atoms with Gasteiger partial charge in [0.05, 0.1) is 5.69 Å². The molecular weight excluding hydrogens is 210 g/mol. The molecule has 0 unspecified atom stereocenters. The van der Waals surface area contributed by atoms with Crippen LogP contribution in [-0.2, 0) is 6.54 Å². The van der Waals surface area contributed by atoms with Crippen molar-refractivity contribution in [3.05, 3.63) is 29.8 Å². The Hall–Kier alpha value is -1.35. The van der Waals surface area contributed by atoms with E-state index in [4.69, 9.17) is 0 Å². The summed E-state index contributed by atoms with van der Waals surface area (Å²) < 4.78 is 0. The predicted octanol–water partition coefficient (Wildman–Crippen LogP) is 3.22. The average Bonchev–Trinajstić information content (AvgIpc) is 2.32. The lowest BCUT2D eigenvalue weighted by Crippen LogP contribution is -2.11. The Labute approximate surface area is 106 Å². The van der Waals surface area contributed by atoms with E-state index in [9.17, 15) is 0 Å². The number of anilines is 1. The largest absolute Gasteiger partial charge is 0.305 e. The summed E-state index contributed by atoms with van der Waals surface area (Å²) in [5.41, 5.74) is 2.42. The van der Waals surface area contributed by atoms with Crippen LogP contribution in [0.1, 0.15) is 26.3 Å². The fourth-order valence-electron chi connectivity index (χ4n) is 1.42. The molecule has 96 valence electrons. The van der Waals surface area contributed by atoms with Crippen molar-refractivity contribution in [3.8, 4) is 0 Å². The smallest absolute Gasteiger partial charge is 0.0590 e. The summed E-state index contributed by atoms with van der Waals surface area (Å²) in [5, 5.41) is 6.04. The van der Waals surface area contributed by atoms with Gasteiger partial charge in [0.15, 0.2) is 0 Å². The van der Waals surface area contributed by atoms with E-state index >= 15 is 0 Å². The van der Waals surface area contributed by atoms with Crippen LogP contribution in [0.5, 0.6) is 0 Å². The van der Waals surface area contributed by atoms with Gasteiger partial charge in [-0.05, 0) is 38.7 Å². The maximum atomic E-state index is 4.18. The van der Waals surface area contributed by atoms with Gasteiger partial charge in [0.1, 0.15) is 0 Å². The quantitative estimate of drug-likeness (QED) is 0.589. The van der Waals surface area contributed by atoms with Gasteiger partial charge in [-0.25, -0.2) is 0 Å². The highest BCUT2D eigenvalue weighted by atomic mass is 15.4. The highest BCUT2D eigenvalue weighted by Crippen LogP contribution is 2.14. The molecule has 3 nitrogen and oxygen atoms in total. The lowest BCUT2D eigenvalue weighted by atomic mass is 10.2. The standard InChI is InChI=1S/C12H19N3.C2H6/c1-5-13-15(4)12-8-6-11(7-9-12)10-14(2)3;1-2/h5-9H,10H2,1-4H3;1-2H3/b13-5-;. The third-order valence-electron chi connectivity index (χ3n) is 2.10. The van der Waals surface area contributed by atoms with Crippen LogP contribution in [0.15, 0.2) is 29.4 Å². The molecule has 0 heterocycles. The van der Waals surface area contributed by atoms with Crippen molar-refractivity contribution in [2.75, 3.05) is 26.2 Å². The fourth-order valence-corrected chi connectivity index (χ4v) is 1.42. The minimum absolute atomic E-state index is 0.973. The first kappa shape index (κ1) is 15.7. The normalized spacial score (nSPS) is 10.3. The first-order valence-electron chi connectivity index (χ1n) is 6.09. The maximum Gasteiger partial charge on any atom is 0.0590 e. The minimum atomic E-state index is 0.973. The summed E-state index contributed by atoms with van der Waals surface area (Å²) in [7, 11) is 6.09. The number of benzene rings is 1. The van der Waals surface area contributed by atoms with E-state index in [1.807, 2.05) is 32.8 Å². The third kappa shape index (κ3) is 6.07. The van der Waals surface area contributed by atoms with Crippen molar-refractivity contribution in [3.63, 3.8) is 0 Å². The molecule has 1 aromatic rings. The van der Waals surface area contributed by atoms with Gasteiger partial charge in [-0.2, -0.15) is 5.10 Å². The van der Waals surface area contributed by atoms with Crippen molar-refractivity contribution in [1.29, 1.82) is 0 Å². The van der Waals surface area contributed by atoms with Crippen molar-refractivity contribution >= 4 is 11.9 Å². The molecule has 3 heteroatoms. The minimum Gasteiger partial charge on any atom is -0.305 e. The molecule has 0 aliphatic carbocycles. The summed E-state index contributed by atoms with van der Waals surface area (Å²) in [4.78, 5) is 2.16. The van der Waals surface area contributed by atoms with E-state index < -0.39 is 0 Å². The Morgan fingerprint density at radius 3 is 2.00 bits per heavy atom. The molecule has 0 saturated heterocycles. The first-order valence-corrected chi connectivity index (χ1v) is 6.09. The second-order valence-corrected chi connectivity index (χ2v) is 3.80. The monoisotopic (exact) mass is 235 g/mol. The molecule has 17 heavy (non-hydrogen) atoms. The van der Waals surface area contributed by atoms with Crippen LogP contribution in [0.4, 0.5) is 5.69 Å². The molecule has 0 N–H and O–H groups in total. The first-order chi connectivity index (χ1) is 8.13. The molecule has 0 amide bonds. The average molecular weight is 235 g/mol. The summed E-state index contributed by atoms with van der Waals surface area (Å²) in [6.07, 6.45) is 1.79. The third-order valence-corrected chi connectivity index (χ3v) is 2.10. The highest BCUT2D eigenvalue weighted by molar-refractivity contribution is 5.57. The summed E-state index contributed by atoms with van der Waals surface area (Å²) in [6, 6.07) is 8.45. The van der Waals surface area contributed by atoms with Gasteiger partial charge in [0.2, 0.25) is 0 Å². The zero-order valence-electron chi connectivity index (χ0n) is 11.9. The van der Waals surface area contributed by atoms with E-state index in [2.05, 4.69) is 48.4 Å². The van der Waals surface area contributed by atoms with Crippen LogP contribution in [0.2, 0.25) is 0 Å². The number of rotatable bonds is 4. The highest BCUT2D eigenvalue weighted by Gasteiger charge is 1.98. The molecule has 0 aliphatic rings. The number of hydrogen-bond donors (Lipinski definition) is 0. The predicted molar refractivity (Wildman–Crippen MR) is 77.8 cm³/mol. The van der Waals surface area contributed by atoms with E-state index in [0.29, 0.717) is 0 Å². The zero-order chi connectivity index (χ0) is 13.3. The molecule has 0 radical (unpaired) electrons. The van der Waals surface area contributed by atoms with Crippen molar-refractivity contribution < 1.29 is 0 Å². The lowest BCUT2D eigenvalue weighted by Gasteiger charge is -2.14. The lowest BCUT2D eigenvalue weighted by molar-refractivity contribution is 0.402. The van der Waals surface area contributed by atoms with Gasteiger partial charge in [0.25, 0.3) is 0 Å². The Bertz CT molecular complexity index is 315. The molecule has 0 bridgehead atoms. The van der Waals surface area contributed by atoms with Crippen molar-refractivity contribution in [1.82, 2.24) is 4.90 Å². The molecule has 0 aromatic heterocycles.